The molecule has 1 atom stereocenters. The molecule has 1 aliphatic carbocycles. The van der Waals surface area contributed by atoms with E-state index in [1.54, 1.807) is 7.11 Å². The minimum atomic E-state index is -0.897. The molecular weight excluding hydrogens is 284 g/mol. The smallest absolute Gasteiger partial charge is 0.329 e. The van der Waals surface area contributed by atoms with Crippen molar-refractivity contribution in [1.29, 1.82) is 0 Å². The molecule has 0 amide bonds. The Kier molecular flexibility index (Phi) is 4.00. The average Bonchev–Trinajstić information content (AvgIpc) is 2.55. The summed E-state index contributed by atoms with van der Waals surface area (Å²) in [7, 11) is 1.62. The van der Waals surface area contributed by atoms with E-state index in [4.69, 9.17) is 14.6 Å². The molecule has 1 unspecified atom stereocenters. The van der Waals surface area contributed by atoms with Crippen LogP contribution < -0.4 is 10.1 Å². The van der Waals surface area contributed by atoms with Gasteiger partial charge in [0.2, 0.25) is 0 Å². The monoisotopic (exact) mass is 302 g/mol. The summed E-state index contributed by atoms with van der Waals surface area (Å²) in [6.45, 7) is 0.121. The predicted molar refractivity (Wildman–Crippen MR) is 81.5 cm³/mol. The molecular formula is C16H18N2O4. The molecule has 0 radical (unpaired) electrons. The number of ether oxygens (including phenoxy) is 2. The number of hydrogen-bond acceptors (Lipinski definition) is 5. The van der Waals surface area contributed by atoms with Crippen LogP contribution in [0.3, 0.4) is 0 Å². The van der Waals surface area contributed by atoms with Gasteiger partial charge in [0.25, 0.3) is 0 Å². The number of rotatable bonds is 3. The summed E-state index contributed by atoms with van der Waals surface area (Å²) in [5.41, 5.74) is 2.54. The number of carboxylic acid groups (broad SMARTS) is 1. The van der Waals surface area contributed by atoms with Gasteiger partial charge in [-0.25, -0.2) is 9.79 Å². The molecule has 116 valence electrons. The summed E-state index contributed by atoms with van der Waals surface area (Å²) in [4.78, 5) is 15.7. The number of carboxylic acids is 1. The molecule has 6 nitrogen and oxygen atoms in total. The highest BCUT2D eigenvalue weighted by Crippen LogP contribution is 2.28. The number of aliphatic carboxylic acids is 1. The average molecular weight is 302 g/mol. The fourth-order valence-corrected chi connectivity index (χ4v) is 2.61. The van der Waals surface area contributed by atoms with Crippen LogP contribution in [0.5, 0.6) is 5.75 Å². The SMILES string of the molecule is COc1ccc(/N=C2\CCCC3=C2OCC(C(=O)O)N3)cc1. The van der Waals surface area contributed by atoms with E-state index in [9.17, 15) is 4.79 Å². The van der Waals surface area contributed by atoms with E-state index < -0.39 is 12.0 Å². The third kappa shape index (κ3) is 2.90. The Morgan fingerprint density at radius 2 is 2.14 bits per heavy atom. The fraction of sp³-hybridized carbons (Fsp3) is 0.375. The van der Waals surface area contributed by atoms with Crippen LogP contribution in [0.15, 0.2) is 40.7 Å². The number of benzene rings is 1. The molecule has 0 fully saturated rings. The first-order valence-electron chi connectivity index (χ1n) is 7.24. The molecule has 2 aliphatic rings. The van der Waals surface area contributed by atoms with Gasteiger partial charge in [0.15, 0.2) is 11.8 Å². The van der Waals surface area contributed by atoms with Crippen LogP contribution in [0.2, 0.25) is 0 Å². The second kappa shape index (κ2) is 6.09. The van der Waals surface area contributed by atoms with E-state index in [0.29, 0.717) is 5.76 Å². The minimum absolute atomic E-state index is 0.121. The van der Waals surface area contributed by atoms with E-state index in [1.165, 1.54) is 0 Å². The van der Waals surface area contributed by atoms with Gasteiger partial charge >= 0.3 is 5.97 Å². The first-order chi connectivity index (χ1) is 10.7. The molecule has 2 N–H and O–H groups in total. The molecule has 1 heterocycles. The molecule has 0 saturated heterocycles. The van der Waals surface area contributed by atoms with Crippen LogP contribution in [0.1, 0.15) is 19.3 Å². The lowest BCUT2D eigenvalue weighted by atomic mass is 9.98. The Labute approximate surface area is 128 Å². The molecule has 1 aliphatic heterocycles. The zero-order valence-electron chi connectivity index (χ0n) is 12.3. The number of methoxy groups -OCH3 is 1. The van der Waals surface area contributed by atoms with Crippen molar-refractivity contribution < 1.29 is 19.4 Å². The number of aliphatic imine (C=N–C) groups is 1. The van der Waals surface area contributed by atoms with Crippen LogP contribution in [0.4, 0.5) is 5.69 Å². The van der Waals surface area contributed by atoms with E-state index in [-0.39, 0.29) is 6.61 Å². The van der Waals surface area contributed by atoms with E-state index in [1.807, 2.05) is 24.3 Å². The topological polar surface area (TPSA) is 80.2 Å². The van der Waals surface area contributed by atoms with Crippen LogP contribution >= 0.6 is 0 Å². The number of nitrogens with one attached hydrogen (secondary N) is 1. The highest BCUT2D eigenvalue weighted by Gasteiger charge is 2.30. The minimum Gasteiger partial charge on any atom is -0.497 e. The Bertz CT molecular complexity index is 634. The second-order valence-electron chi connectivity index (χ2n) is 5.26. The highest BCUT2D eigenvalue weighted by molar-refractivity contribution is 6.01. The van der Waals surface area contributed by atoms with Gasteiger partial charge < -0.3 is 19.9 Å². The summed E-state index contributed by atoms with van der Waals surface area (Å²) >= 11 is 0. The van der Waals surface area contributed by atoms with Crippen LogP contribution in [0.25, 0.3) is 0 Å². The molecule has 6 heteroatoms. The summed E-state index contributed by atoms with van der Waals surface area (Å²) in [6, 6.07) is 6.81. The Morgan fingerprint density at radius 1 is 1.36 bits per heavy atom. The molecule has 22 heavy (non-hydrogen) atoms. The molecule has 0 saturated carbocycles. The van der Waals surface area contributed by atoms with Crippen molar-refractivity contribution in [2.24, 2.45) is 4.99 Å². The van der Waals surface area contributed by atoms with Gasteiger partial charge in [-0.3, -0.25) is 0 Å². The maximum Gasteiger partial charge on any atom is 0.329 e. The van der Waals surface area contributed by atoms with Crippen LogP contribution in [-0.4, -0.2) is 36.5 Å². The van der Waals surface area contributed by atoms with Gasteiger partial charge in [-0.1, -0.05) is 0 Å². The Balaban J connectivity index is 1.85. The van der Waals surface area contributed by atoms with Gasteiger partial charge in [-0.05, 0) is 43.5 Å². The van der Waals surface area contributed by atoms with Crippen molar-refractivity contribution in [1.82, 2.24) is 5.32 Å². The molecule has 0 spiro atoms. The summed E-state index contributed by atoms with van der Waals surface area (Å²) in [5.74, 6) is 0.595. The van der Waals surface area contributed by atoms with Gasteiger partial charge in [0.1, 0.15) is 12.4 Å². The second-order valence-corrected chi connectivity index (χ2v) is 5.26. The number of nitrogens with zero attached hydrogens (tertiary/aromatic N) is 1. The molecule has 0 aromatic heterocycles. The van der Waals surface area contributed by atoms with Crippen molar-refractivity contribution in [2.45, 2.75) is 25.3 Å². The maximum absolute atomic E-state index is 11.1. The Morgan fingerprint density at radius 3 is 2.82 bits per heavy atom. The number of hydrogen-bond donors (Lipinski definition) is 2. The van der Waals surface area contributed by atoms with Crippen LogP contribution in [-0.2, 0) is 9.53 Å². The third-order valence-corrected chi connectivity index (χ3v) is 3.75. The van der Waals surface area contributed by atoms with Crippen molar-refractivity contribution in [3.05, 3.63) is 35.7 Å². The van der Waals surface area contributed by atoms with E-state index in [0.717, 1.165) is 42.1 Å². The van der Waals surface area contributed by atoms with Crippen molar-refractivity contribution in [3.63, 3.8) is 0 Å². The highest BCUT2D eigenvalue weighted by atomic mass is 16.5. The number of carbonyl (C=O) groups is 1. The van der Waals surface area contributed by atoms with Gasteiger partial charge in [0, 0.05) is 0 Å². The van der Waals surface area contributed by atoms with Gasteiger partial charge in [-0.2, -0.15) is 0 Å². The summed E-state index contributed by atoms with van der Waals surface area (Å²) in [6.07, 6.45) is 2.54. The lowest BCUT2D eigenvalue weighted by Crippen LogP contribution is -2.45. The Hall–Kier alpha value is -2.50. The number of allylic oxidation sites excluding steroid dienone is 2. The zero-order valence-corrected chi connectivity index (χ0v) is 12.3. The predicted octanol–water partition coefficient (Wildman–Crippen LogP) is 2.24. The van der Waals surface area contributed by atoms with Crippen LogP contribution in [0, 0.1) is 0 Å². The lowest BCUT2D eigenvalue weighted by molar-refractivity contribution is -0.140. The first-order valence-corrected chi connectivity index (χ1v) is 7.24. The van der Waals surface area contributed by atoms with Crippen molar-refractivity contribution in [2.75, 3.05) is 13.7 Å². The normalized spacial score (nSPS) is 22.6. The molecule has 1 aromatic rings. The molecule has 0 bridgehead atoms. The van der Waals surface area contributed by atoms with Crippen molar-refractivity contribution >= 4 is 17.4 Å². The third-order valence-electron chi connectivity index (χ3n) is 3.75. The van der Waals surface area contributed by atoms with E-state index >= 15 is 0 Å². The standard InChI is InChI=1S/C16H18N2O4/c1-21-11-7-5-10(6-8-11)17-12-3-2-4-13-15(12)22-9-14(18-13)16(19)20/h5-8,14,18H,2-4,9H2,1H3,(H,19,20)/b17-12+. The molecule has 1 aromatic carbocycles. The lowest BCUT2D eigenvalue weighted by Gasteiger charge is -2.31. The molecule has 3 rings (SSSR count). The summed E-state index contributed by atoms with van der Waals surface area (Å²) in [5, 5.41) is 12.1. The van der Waals surface area contributed by atoms with Crippen molar-refractivity contribution in [3.8, 4) is 5.75 Å². The van der Waals surface area contributed by atoms with Gasteiger partial charge in [-0.15, -0.1) is 0 Å². The first kappa shape index (κ1) is 14.4. The quantitative estimate of drug-likeness (QED) is 0.895. The summed E-state index contributed by atoms with van der Waals surface area (Å²) < 4.78 is 10.8. The van der Waals surface area contributed by atoms with Gasteiger partial charge in [0.05, 0.1) is 24.2 Å². The van der Waals surface area contributed by atoms with E-state index in [2.05, 4.69) is 10.3 Å². The maximum atomic E-state index is 11.1. The largest absolute Gasteiger partial charge is 0.497 e. The fourth-order valence-electron chi connectivity index (χ4n) is 2.61. The zero-order chi connectivity index (χ0) is 15.5.